The molecule has 1 aliphatic carbocycles. The van der Waals surface area contributed by atoms with E-state index in [4.69, 9.17) is 9.72 Å². The molecule has 3 rings (SSSR count). The van der Waals surface area contributed by atoms with Gasteiger partial charge in [-0.3, -0.25) is 0 Å². The predicted octanol–water partition coefficient (Wildman–Crippen LogP) is 3.89. The summed E-state index contributed by atoms with van der Waals surface area (Å²) in [7, 11) is 1.73. The van der Waals surface area contributed by atoms with Crippen LogP contribution in [-0.4, -0.2) is 18.1 Å². The van der Waals surface area contributed by atoms with Crippen LogP contribution in [-0.2, 0) is 24.3 Å². The number of ether oxygens (including phenoxy) is 1. The molecule has 112 valence electrons. The van der Waals surface area contributed by atoms with Crippen molar-refractivity contribution < 1.29 is 4.74 Å². The van der Waals surface area contributed by atoms with E-state index >= 15 is 0 Å². The zero-order valence-electron chi connectivity index (χ0n) is 12.1. The fraction of sp³-hybridized carbons (Fsp3) is 0.438. The average molecular weight is 367 g/mol. The summed E-state index contributed by atoms with van der Waals surface area (Å²) < 4.78 is 6.40. The van der Waals surface area contributed by atoms with Gasteiger partial charge in [0.15, 0.2) is 0 Å². The number of methoxy groups -OCH3 is 1. The number of hydrogen-bond donors (Lipinski definition) is 1. The van der Waals surface area contributed by atoms with Crippen LogP contribution in [0.15, 0.2) is 28.7 Å². The molecule has 1 N–H and O–H groups in total. The minimum Gasteiger partial charge on any atom is -0.378 e. The molecule has 0 aliphatic heterocycles. The SMILES string of the molecule is COCc1nc(Cc2cccc(Br)c2)sc1CNC1CC1. The third-order valence-electron chi connectivity index (χ3n) is 3.48. The lowest BCUT2D eigenvalue weighted by Gasteiger charge is -2.02. The second-order valence-corrected chi connectivity index (χ2v) is 7.46. The molecule has 1 aromatic carbocycles. The number of rotatable bonds is 7. The van der Waals surface area contributed by atoms with E-state index in [1.807, 2.05) is 6.07 Å². The Kier molecular flexibility index (Phi) is 5.06. The molecule has 1 fully saturated rings. The third kappa shape index (κ3) is 4.36. The Morgan fingerprint density at radius 2 is 2.29 bits per heavy atom. The van der Waals surface area contributed by atoms with Gasteiger partial charge in [-0.1, -0.05) is 28.1 Å². The van der Waals surface area contributed by atoms with Crippen molar-refractivity contribution in [2.45, 2.75) is 38.5 Å². The van der Waals surface area contributed by atoms with Gasteiger partial charge in [0.2, 0.25) is 0 Å². The van der Waals surface area contributed by atoms with Crippen molar-refractivity contribution in [3.8, 4) is 0 Å². The molecular formula is C16H19BrN2OS. The minimum atomic E-state index is 0.594. The van der Waals surface area contributed by atoms with Crippen molar-refractivity contribution in [2.24, 2.45) is 0 Å². The van der Waals surface area contributed by atoms with Gasteiger partial charge in [0.05, 0.1) is 17.3 Å². The first kappa shape index (κ1) is 15.2. The maximum Gasteiger partial charge on any atom is 0.0976 e. The van der Waals surface area contributed by atoms with Gasteiger partial charge in [0.25, 0.3) is 0 Å². The van der Waals surface area contributed by atoms with E-state index in [0.717, 1.165) is 34.2 Å². The van der Waals surface area contributed by atoms with Gasteiger partial charge in [-0.05, 0) is 30.5 Å². The molecule has 3 nitrogen and oxygen atoms in total. The Balaban J connectivity index is 1.73. The highest BCUT2D eigenvalue weighted by atomic mass is 79.9. The second-order valence-electron chi connectivity index (χ2n) is 5.37. The molecule has 0 unspecified atom stereocenters. The van der Waals surface area contributed by atoms with E-state index in [2.05, 4.69) is 39.4 Å². The van der Waals surface area contributed by atoms with Crippen LogP contribution in [0.5, 0.6) is 0 Å². The van der Waals surface area contributed by atoms with Crippen molar-refractivity contribution in [1.82, 2.24) is 10.3 Å². The molecule has 0 spiro atoms. The van der Waals surface area contributed by atoms with Gasteiger partial charge < -0.3 is 10.1 Å². The highest BCUT2D eigenvalue weighted by Gasteiger charge is 2.21. The highest BCUT2D eigenvalue weighted by Crippen LogP contribution is 2.25. The summed E-state index contributed by atoms with van der Waals surface area (Å²) in [5.74, 6) is 0. The summed E-state index contributed by atoms with van der Waals surface area (Å²) in [4.78, 5) is 6.08. The Labute approximate surface area is 137 Å². The molecular weight excluding hydrogens is 348 g/mol. The molecule has 0 radical (unpaired) electrons. The van der Waals surface area contributed by atoms with Gasteiger partial charge in [0.1, 0.15) is 0 Å². The van der Waals surface area contributed by atoms with Crippen molar-refractivity contribution >= 4 is 27.3 Å². The number of nitrogens with zero attached hydrogens (tertiary/aromatic N) is 1. The van der Waals surface area contributed by atoms with Crippen molar-refractivity contribution in [3.05, 3.63) is 49.9 Å². The maximum atomic E-state index is 5.28. The van der Waals surface area contributed by atoms with Gasteiger partial charge in [-0.15, -0.1) is 11.3 Å². The molecule has 1 saturated carbocycles. The lowest BCUT2D eigenvalue weighted by molar-refractivity contribution is 0.181. The number of nitrogens with one attached hydrogen (secondary N) is 1. The fourth-order valence-electron chi connectivity index (χ4n) is 2.25. The summed E-state index contributed by atoms with van der Waals surface area (Å²) in [5.41, 5.74) is 2.37. The normalized spacial score (nSPS) is 14.6. The predicted molar refractivity (Wildman–Crippen MR) is 89.6 cm³/mol. The van der Waals surface area contributed by atoms with E-state index in [1.165, 1.54) is 23.3 Å². The smallest absolute Gasteiger partial charge is 0.0976 e. The number of hydrogen-bond acceptors (Lipinski definition) is 4. The second kappa shape index (κ2) is 7.01. The number of thiazole rings is 1. The quantitative estimate of drug-likeness (QED) is 0.806. The molecule has 2 aromatic rings. The number of aromatic nitrogens is 1. The van der Waals surface area contributed by atoms with Crippen LogP contribution in [0, 0.1) is 0 Å². The van der Waals surface area contributed by atoms with Crippen LogP contribution in [0.1, 0.15) is 34.0 Å². The molecule has 0 bridgehead atoms. The van der Waals surface area contributed by atoms with Gasteiger partial charge in [-0.2, -0.15) is 0 Å². The largest absolute Gasteiger partial charge is 0.378 e. The maximum absolute atomic E-state index is 5.28. The van der Waals surface area contributed by atoms with E-state index in [1.54, 1.807) is 18.4 Å². The third-order valence-corrected chi connectivity index (χ3v) is 5.07. The van der Waals surface area contributed by atoms with E-state index in [0.29, 0.717) is 6.61 Å². The van der Waals surface area contributed by atoms with Crippen LogP contribution in [0.2, 0.25) is 0 Å². The molecule has 0 saturated heterocycles. The Morgan fingerprint density at radius 3 is 3.00 bits per heavy atom. The van der Waals surface area contributed by atoms with Crippen LogP contribution in [0.4, 0.5) is 0 Å². The van der Waals surface area contributed by atoms with Gasteiger partial charge in [0, 0.05) is 35.5 Å². The molecule has 1 heterocycles. The number of halogens is 1. The van der Waals surface area contributed by atoms with E-state index in [-0.39, 0.29) is 0 Å². The van der Waals surface area contributed by atoms with Crippen LogP contribution >= 0.6 is 27.3 Å². The first-order valence-corrected chi connectivity index (χ1v) is 8.80. The van der Waals surface area contributed by atoms with Crippen molar-refractivity contribution in [2.75, 3.05) is 7.11 Å². The molecule has 21 heavy (non-hydrogen) atoms. The molecule has 5 heteroatoms. The van der Waals surface area contributed by atoms with Crippen LogP contribution in [0.25, 0.3) is 0 Å². The molecule has 0 atom stereocenters. The summed E-state index contributed by atoms with van der Waals surface area (Å²) in [6, 6.07) is 9.13. The van der Waals surface area contributed by atoms with E-state index in [9.17, 15) is 0 Å². The lowest BCUT2D eigenvalue weighted by Crippen LogP contribution is -2.15. The van der Waals surface area contributed by atoms with Crippen LogP contribution in [0.3, 0.4) is 0 Å². The molecule has 1 aliphatic rings. The summed E-state index contributed by atoms with van der Waals surface area (Å²) >= 11 is 5.32. The Hall–Kier alpha value is -0.750. The zero-order chi connectivity index (χ0) is 14.7. The highest BCUT2D eigenvalue weighted by molar-refractivity contribution is 9.10. The summed E-state index contributed by atoms with van der Waals surface area (Å²) in [6.07, 6.45) is 3.50. The molecule has 0 amide bonds. The zero-order valence-corrected chi connectivity index (χ0v) is 14.5. The number of benzene rings is 1. The monoisotopic (exact) mass is 366 g/mol. The first-order chi connectivity index (χ1) is 10.2. The molecule has 1 aromatic heterocycles. The van der Waals surface area contributed by atoms with Gasteiger partial charge in [-0.25, -0.2) is 4.98 Å². The summed E-state index contributed by atoms with van der Waals surface area (Å²) in [5, 5.41) is 4.73. The average Bonchev–Trinajstić information content (AvgIpc) is 3.20. The van der Waals surface area contributed by atoms with Crippen LogP contribution < -0.4 is 5.32 Å². The first-order valence-electron chi connectivity index (χ1n) is 7.19. The topological polar surface area (TPSA) is 34.1 Å². The Bertz CT molecular complexity index is 610. The van der Waals surface area contributed by atoms with Gasteiger partial charge >= 0.3 is 0 Å². The van der Waals surface area contributed by atoms with Crippen molar-refractivity contribution in [3.63, 3.8) is 0 Å². The van der Waals surface area contributed by atoms with E-state index < -0.39 is 0 Å². The summed E-state index contributed by atoms with van der Waals surface area (Å²) in [6.45, 7) is 1.51. The Morgan fingerprint density at radius 1 is 1.43 bits per heavy atom. The fourth-order valence-corrected chi connectivity index (χ4v) is 3.75. The van der Waals surface area contributed by atoms with Crippen molar-refractivity contribution in [1.29, 1.82) is 0 Å². The lowest BCUT2D eigenvalue weighted by atomic mass is 10.2. The minimum absolute atomic E-state index is 0.594. The standard InChI is InChI=1S/C16H19BrN2OS/c1-20-10-14-15(9-18-13-5-6-13)21-16(19-14)8-11-3-2-4-12(17)7-11/h2-4,7,13,18H,5-6,8-10H2,1H3.